The number of aromatic hydroxyl groups is 1. The quantitative estimate of drug-likeness (QED) is 0.459. The van der Waals surface area contributed by atoms with Gasteiger partial charge in [0, 0.05) is 49.2 Å². The van der Waals surface area contributed by atoms with E-state index in [0.29, 0.717) is 28.8 Å². The van der Waals surface area contributed by atoms with Crippen LogP contribution >= 0.6 is 0 Å². The third kappa shape index (κ3) is 3.74. The third-order valence-corrected chi connectivity index (χ3v) is 6.32. The number of aromatic nitrogens is 1. The second kappa shape index (κ2) is 8.67. The largest absolute Gasteiger partial charge is 0.502 e. The van der Waals surface area contributed by atoms with Crippen LogP contribution in [-0.2, 0) is 6.54 Å². The second-order valence-electron chi connectivity index (χ2n) is 8.22. The molecule has 1 aliphatic heterocycles. The van der Waals surface area contributed by atoms with Gasteiger partial charge in [-0.3, -0.25) is 4.79 Å². The lowest BCUT2D eigenvalue weighted by Crippen LogP contribution is -2.43. The first kappa shape index (κ1) is 21.2. The Hall–Kier alpha value is -3.71. The van der Waals surface area contributed by atoms with Crippen molar-refractivity contribution >= 4 is 27.5 Å². The highest BCUT2D eigenvalue weighted by molar-refractivity contribution is 5.95. The molecule has 0 radical (unpaired) electrons. The highest BCUT2D eigenvalue weighted by Gasteiger charge is 2.17. The minimum absolute atomic E-state index is 0.0284. The number of rotatable bonds is 5. The Morgan fingerprint density at radius 3 is 2.27 bits per heavy atom. The van der Waals surface area contributed by atoms with Gasteiger partial charge in [-0.1, -0.05) is 12.1 Å². The Morgan fingerprint density at radius 2 is 1.58 bits per heavy atom. The number of phenolic OH excluding ortho intramolecular Hbond substituents is 1. The van der Waals surface area contributed by atoms with E-state index in [1.807, 2.05) is 36.4 Å². The number of nitrogens with one attached hydrogen (secondary N) is 1. The molecule has 4 aromatic rings. The van der Waals surface area contributed by atoms with E-state index in [9.17, 15) is 9.90 Å². The van der Waals surface area contributed by atoms with Crippen LogP contribution in [0.15, 0.2) is 59.4 Å². The van der Waals surface area contributed by atoms with Gasteiger partial charge < -0.3 is 29.4 Å². The van der Waals surface area contributed by atoms with Crippen molar-refractivity contribution in [1.82, 2.24) is 9.88 Å². The van der Waals surface area contributed by atoms with E-state index in [4.69, 9.17) is 9.47 Å². The van der Waals surface area contributed by atoms with Gasteiger partial charge in [0.05, 0.1) is 25.3 Å². The van der Waals surface area contributed by atoms with Gasteiger partial charge in [0.25, 0.3) is 0 Å². The SMILES string of the molecule is COc1cc(Cn2c3ccccc3c(=O)c3ccc(N4CCNCC4)cc32)cc(OC)c1O. The summed E-state index contributed by atoms with van der Waals surface area (Å²) in [6.45, 7) is 4.21. The first-order chi connectivity index (χ1) is 16.1. The molecule has 0 amide bonds. The molecule has 7 heteroatoms. The fourth-order valence-electron chi connectivity index (χ4n) is 4.62. The number of anilines is 1. The zero-order valence-corrected chi connectivity index (χ0v) is 18.8. The summed E-state index contributed by atoms with van der Waals surface area (Å²) >= 11 is 0. The molecule has 1 aliphatic rings. The lowest BCUT2D eigenvalue weighted by Gasteiger charge is -2.30. The van der Waals surface area contributed by atoms with Crippen molar-refractivity contribution in [3.8, 4) is 17.2 Å². The lowest BCUT2D eigenvalue weighted by atomic mass is 10.1. The van der Waals surface area contributed by atoms with Gasteiger partial charge in [-0.15, -0.1) is 0 Å². The van der Waals surface area contributed by atoms with Crippen molar-refractivity contribution in [2.24, 2.45) is 0 Å². The molecule has 5 rings (SSSR count). The molecule has 1 aromatic heterocycles. The summed E-state index contributed by atoms with van der Waals surface area (Å²) in [5.41, 5.74) is 3.77. The van der Waals surface area contributed by atoms with Gasteiger partial charge >= 0.3 is 0 Å². The van der Waals surface area contributed by atoms with E-state index in [1.165, 1.54) is 14.2 Å². The Morgan fingerprint density at radius 1 is 0.909 bits per heavy atom. The molecule has 0 aliphatic carbocycles. The molecule has 0 spiro atoms. The third-order valence-electron chi connectivity index (χ3n) is 6.32. The maximum Gasteiger partial charge on any atom is 0.200 e. The number of pyridine rings is 1. The van der Waals surface area contributed by atoms with Crippen molar-refractivity contribution < 1.29 is 14.6 Å². The molecule has 1 fully saturated rings. The number of nitrogens with zero attached hydrogens (tertiary/aromatic N) is 2. The Labute approximate surface area is 191 Å². The number of piperazine rings is 1. The Kier molecular flexibility index (Phi) is 5.56. The molecule has 33 heavy (non-hydrogen) atoms. The normalized spacial score (nSPS) is 14.1. The molecule has 2 N–H and O–H groups in total. The van der Waals surface area contributed by atoms with E-state index in [-0.39, 0.29) is 11.2 Å². The number of fused-ring (bicyclic) bond motifs is 2. The summed E-state index contributed by atoms with van der Waals surface area (Å²) in [6.07, 6.45) is 0. The maximum absolute atomic E-state index is 13.3. The summed E-state index contributed by atoms with van der Waals surface area (Å²) < 4.78 is 12.9. The first-order valence-electron chi connectivity index (χ1n) is 11.1. The molecule has 0 bridgehead atoms. The van der Waals surface area contributed by atoms with E-state index < -0.39 is 0 Å². The predicted octanol–water partition coefficient (Wildman–Crippen LogP) is 3.34. The molecule has 0 unspecified atom stereocenters. The van der Waals surface area contributed by atoms with Crippen LogP contribution < -0.4 is 25.1 Å². The van der Waals surface area contributed by atoms with Crippen LogP contribution in [0.3, 0.4) is 0 Å². The van der Waals surface area contributed by atoms with Crippen LogP contribution in [0.1, 0.15) is 5.56 Å². The van der Waals surface area contributed by atoms with Crippen LogP contribution in [0, 0.1) is 0 Å². The number of ether oxygens (including phenoxy) is 2. The molecule has 1 saturated heterocycles. The smallest absolute Gasteiger partial charge is 0.200 e. The van der Waals surface area contributed by atoms with Gasteiger partial charge in [0.15, 0.2) is 16.9 Å². The van der Waals surface area contributed by atoms with Gasteiger partial charge in [0.1, 0.15) is 0 Å². The van der Waals surface area contributed by atoms with Gasteiger partial charge in [-0.05, 0) is 48.0 Å². The number of methoxy groups -OCH3 is 2. The van der Waals surface area contributed by atoms with Crippen LogP contribution in [0.25, 0.3) is 21.8 Å². The number of phenols is 1. The molecule has 170 valence electrons. The van der Waals surface area contributed by atoms with Gasteiger partial charge in [-0.25, -0.2) is 0 Å². The van der Waals surface area contributed by atoms with Crippen LogP contribution in [-0.4, -0.2) is 50.1 Å². The zero-order valence-electron chi connectivity index (χ0n) is 18.8. The zero-order chi connectivity index (χ0) is 22.9. The number of hydrogen-bond donors (Lipinski definition) is 2. The Bertz CT molecular complexity index is 1360. The standard InChI is InChI=1S/C26H27N3O4/c1-32-23-13-17(14-24(33-2)26(23)31)16-29-21-6-4-3-5-19(21)25(30)20-8-7-18(15-22(20)29)28-11-9-27-10-12-28/h3-8,13-15,27,31H,9-12,16H2,1-2H3. The van der Waals surface area contributed by atoms with Crippen molar-refractivity contribution in [3.05, 3.63) is 70.4 Å². The molecule has 7 nitrogen and oxygen atoms in total. The van der Waals surface area contributed by atoms with Crippen molar-refractivity contribution in [2.75, 3.05) is 45.3 Å². The second-order valence-corrected chi connectivity index (χ2v) is 8.22. The summed E-state index contributed by atoms with van der Waals surface area (Å²) in [5, 5.41) is 15.1. The van der Waals surface area contributed by atoms with Crippen LogP contribution in [0.2, 0.25) is 0 Å². The van der Waals surface area contributed by atoms with E-state index in [0.717, 1.165) is 48.5 Å². The molecule has 3 aromatic carbocycles. The Balaban J connectivity index is 1.73. The number of benzene rings is 3. The van der Waals surface area contributed by atoms with E-state index in [1.54, 1.807) is 12.1 Å². The molecule has 0 saturated carbocycles. The molecule has 0 atom stereocenters. The van der Waals surface area contributed by atoms with Crippen LogP contribution in [0.5, 0.6) is 17.2 Å². The van der Waals surface area contributed by atoms with E-state index in [2.05, 4.69) is 20.9 Å². The number of hydrogen-bond acceptors (Lipinski definition) is 6. The summed E-state index contributed by atoms with van der Waals surface area (Å²) in [5.74, 6) is 0.667. The van der Waals surface area contributed by atoms with Crippen LogP contribution in [0.4, 0.5) is 5.69 Å². The fourth-order valence-corrected chi connectivity index (χ4v) is 4.62. The highest BCUT2D eigenvalue weighted by atomic mass is 16.5. The summed E-state index contributed by atoms with van der Waals surface area (Å²) in [7, 11) is 3.03. The van der Waals surface area contributed by atoms with Gasteiger partial charge in [-0.2, -0.15) is 0 Å². The topological polar surface area (TPSA) is 76.0 Å². The fraction of sp³-hybridized carbons (Fsp3) is 0.269. The highest BCUT2D eigenvalue weighted by Crippen LogP contribution is 2.37. The minimum Gasteiger partial charge on any atom is -0.502 e. The van der Waals surface area contributed by atoms with Crippen molar-refractivity contribution in [2.45, 2.75) is 6.54 Å². The molecule has 2 heterocycles. The van der Waals surface area contributed by atoms with Gasteiger partial charge in [0.2, 0.25) is 5.75 Å². The van der Waals surface area contributed by atoms with Crippen molar-refractivity contribution in [1.29, 1.82) is 0 Å². The molecular formula is C26H27N3O4. The molecular weight excluding hydrogens is 418 g/mol. The maximum atomic E-state index is 13.3. The summed E-state index contributed by atoms with van der Waals surface area (Å²) in [4.78, 5) is 15.7. The minimum atomic E-state index is -0.0284. The monoisotopic (exact) mass is 445 g/mol. The average Bonchev–Trinajstić information content (AvgIpc) is 2.87. The van der Waals surface area contributed by atoms with E-state index >= 15 is 0 Å². The average molecular weight is 446 g/mol. The summed E-state index contributed by atoms with van der Waals surface area (Å²) in [6, 6.07) is 17.4. The van der Waals surface area contributed by atoms with Crippen molar-refractivity contribution in [3.63, 3.8) is 0 Å². The lowest BCUT2D eigenvalue weighted by molar-refractivity contribution is 0.339. The predicted molar refractivity (Wildman–Crippen MR) is 131 cm³/mol. The number of para-hydroxylation sites is 1. The first-order valence-corrected chi connectivity index (χ1v) is 11.1.